The Kier molecular flexibility index (Phi) is 5.60. The molecule has 2 heterocycles. The van der Waals surface area contributed by atoms with Crippen molar-refractivity contribution in [2.75, 3.05) is 6.54 Å². The molecular formula is C14H20BrN3S. The second-order valence-electron chi connectivity index (χ2n) is 4.55. The van der Waals surface area contributed by atoms with Crippen molar-refractivity contribution in [3.05, 3.63) is 39.0 Å². The molecule has 19 heavy (non-hydrogen) atoms. The Morgan fingerprint density at radius 1 is 1.42 bits per heavy atom. The number of aryl methyl sites for hydroxylation is 1. The van der Waals surface area contributed by atoms with Crippen LogP contribution in [0.5, 0.6) is 0 Å². The van der Waals surface area contributed by atoms with Crippen LogP contribution in [0.15, 0.2) is 27.6 Å². The minimum absolute atomic E-state index is 0.184. The molecule has 0 amide bonds. The first-order valence-corrected chi connectivity index (χ1v) is 8.41. The molecule has 0 aliphatic carbocycles. The van der Waals surface area contributed by atoms with Gasteiger partial charge in [-0.3, -0.25) is 0 Å². The zero-order valence-electron chi connectivity index (χ0n) is 11.4. The molecule has 1 N–H and O–H groups in total. The normalized spacial score (nSPS) is 12.8. The van der Waals surface area contributed by atoms with Gasteiger partial charge in [-0.25, -0.2) is 4.98 Å². The Morgan fingerprint density at radius 2 is 2.26 bits per heavy atom. The first-order chi connectivity index (χ1) is 9.26. The number of aromatic nitrogens is 2. The second kappa shape index (κ2) is 7.22. The molecule has 0 aliphatic rings. The molecule has 1 unspecified atom stereocenters. The lowest BCUT2D eigenvalue weighted by molar-refractivity contribution is 0.531. The van der Waals surface area contributed by atoms with Gasteiger partial charge in [0.2, 0.25) is 0 Å². The summed E-state index contributed by atoms with van der Waals surface area (Å²) >= 11 is 5.27. The predicted molar refractivity (Wildman–Crippen MR) is 84.7 cm³/mol. The molecule has 0 saturated heterocycles. The summed E-state index contributed by atoms with van der Waals surface area (Å²) < 4.78 is 3.42. The lowest BCUT2D eigenvalue weighted by Gasteiger charge is -2.18. The molecule has 0 aromatic carbocycles. The van der Waals surface area contributed by atoms with Gasteiger partial charge in [0.1, 0.15) is 5.82 Å². The molecule has 3 nitrogen and oxygen atoms in total. The van der Waals surface area contributed by atoms with Gasteiger partial charge < -0.3 is 9.88 Å². The number of imidazole rings is 1. The summed E-state index contributed by atoms with van der Waals surface area (Å²) in [6.45, 7) is 6.40. The maximum Gasteiger partial charge on any atom is 0.130 e. The molecule has 0 radical (unpaired) electrons. The van der Waals surface area contributed by atoms with E-state index in [0.29, 0.717) is 0 Å². The van der Waals surface area contributed by atoms with Crippen molar-refractivity contribution in [2.45, 2.75) is 39.3 Å². The van der Waals surface area contributed by atoms with Gasteiger partial charge in [-0.15, -0.1) is 11.3 Å². The van der Waals surface area contributed by atoms with Crippen LogP contribution < -0.4 is 5.32 Å². The second-order valence-corrected chi connectivity index (χ2v) is 6.84. The molecule has 2 rings (SSSR count). The number of hydrogen-bond donors (Lipinski definition) is 1. The summed E-state index contributed by atoms with van der Waals surface area (Å²) in [7, 11) is 0. The lowest BCUT2D eigenvalue weighted by Crippen LogP contribution is -2.26. The van der Waals surface area contributed by atoms with Crippen molar-refractivity contribution in [3.63, 3.8) is 0 Å². The highest BCUT2D eigenvalue weighted by atomic mass is 79.9. The SMILES string of the molecule is CCCNC(c1csc(Br)c1)c1nccn1CCC. The van der Waals surface area contributed by atoms with E-state index in [1.165, 1.54) is 9.35 Å². The molecule has 0 aliphatic heterocycles. The van der Waals surface area contributed by atoms with Gasteiger partial charge in [-0.2, -0.15) is 0 Å². The monoisotopic (exact) mass is 341 g/mol. The average molecular weight is 342 g/mol. The Balaban J connectivity index is 2.28. The third-order valence-electron chi connectivity index (χ3n) is 2.99. The largest absolute Gasteiger partial charge is 0.333 e. The maximum atomic E-state index is 4.56. The van der Waals surface area contributed by atoms with Crippen molar-refractivity contribution >= 4 is 27.3 Å². The summed E-state index contributed by atoms with van der Waals surface area (Å²) in [5.41, 5.74) is 1.29. The standard InChI is InChI=1S/C14H20BrN3S/c1-3-5-16-13(11-9-12(15)19-10-11)14-17-6-8-18(14)7-4-2/h6,8-10,13,16H,3-5,7H2,1-2H3. The quantitative estimate of drug-likeness (QED) is 0.817. The fourth-order valence-corrected chi connectivity index (χ4v) is 3.33. The molecule has 5 heteroatoms. The fraction of sp³-hybridized carbons (Fsp3) is 0.500. The Labute approximate surface area is 127 Å². The van der Waals surface area contributed by atoms with Crippen LogP contribution in [-0.2, 0) is 6.54 Å². The number of thiophene rings is 1. The number of hydrogen-bond acceptors (Lipinski definition) is 3. The third kappa shape index (κ3) is 3.68. The van der Waals surface area contributed by atoms with Crippen LogP contribution in [0.2, 0.25) is 0 Å². The fourth-order valence-electron chi connectivity index (χ4n) is 2.13. The minimum Gasteiger partial charge on any atom is -0.333 e. The van der Waals surface area contributed by atoms with Crippen molar-refractivity contribution in [1.29, 1.82) is 0 Å². The van der Waals surface area contributed by atoms with E-state index in [9.17, 15) is 0 Å². The van der Waals surface area contributed by atoms with Gasteiger partial charge in [0.25, 0.3) is 0 Å². The lowest BCUT2D eigenvalue weighted by atomic mass is 10.1. The maximum absolute atomic E-state index is 4.56. The third-order valence-corrected chi connectivity index (χ3v) is 4.51. The first kappa shape index (κ1) is 14.8. The van der Waals surface area contributed by atoms with Gasteiger partial charge in [-0.1, -0.05) is 13.8 Å². The van der Waals surface area contributed by atoms with Crippen LogP contribution in [0.25, 0.3) is 0 Å². The van der Waals surface area contributed by atoms with E-state index in [2.05, 4.69) is 62.3 Å². The molecular weight excluding hydrogens is 322 g/mol. The van der Waals surface area contributed by atoms with Crippen molar-refractivity contribution in [3.8, 4) is 0 Å². The molecule has 2 aromatic rings. The topological polar surface area (TPSA) is 29.9 Å². The predicted octanol–water partition coefficient (Wildman–Crippen LogP) is 4.21. The highest BCUT2D eigenvalue weighted by molar-refractivity contribution is 9.11. The number of halogens is 1. The van der Waals surface area contributed by atoms with E-state index < -0.39 is 0 Å². The summed E-state index contributed by atoms with van der Waals surface area (Å²) in [6, 6.07) is 2.37. The van der Waals surface area contributed by atoms with Crippen LogP contribution in [-0.4, -0.2) is 16.1 Å². The smallest absolute Gasteiger partial charge is 0.130 e. The van der Waals surface area contributed by atoms with Crippen molar-refractivity contribution < 1.29 is 0 Å². The van der Waals surface area contributed by atoms with E-state index in [0.717, 1.165) is 31.8 Å². The van der Waals surface area contributed by atoms with Gasteiger partial charge in [0, 0.05) is 18.9 Å². The van der Waals surface area contributed by atoms with Crippen molar-refractivity contribution in [2.24, 2.45) is 0 Å². The minimum atomic E-state index is 0.184. The molecule has 104 valence electrons. The van der Waals surface area contributed by atoms with Crippen LogP contribution in [0, 0.1) is 0 Å². The zero-order valence-corrected chi connectivity index (χ0v) is 13.8. The zero-order chi connectivity index (χ0) is 13.7. The molecule has 0 fully saturated rings. The van der Waals surface area contributed by atoms with Gasteiger partial charge in [0.15, 0.2) is 0 Å². The van der Waals surface area contributed by atoms with Crippen LogP contribution in [0.3, 0.4) is 0 Å². The molecule has 0 bridgehead atoms. The summed E-state index contributed by atoms with van der Waals surface area (Å²) in [5.74, 6) is 1.11. The highest BCUT2D eigenvalue weighted by Gasteiger charge is 2.19. The molecule has 0 spiro atoms. The molecule has 1 atom stereocenters. The summed E-state index contributed by atoms with van der Waals surface area (Å²) in [5, 5.41) is 5.80. The van der Waals surface area contributed by atoms with E-state index in [-0.39, 0.29) is 6.04 Å². The number of nitrogens with zero attached hydrogens (tertiary/aromatic N) is 2. The van der Waals surface area contributed by atoms with Crippen LogP contribution in [0.1, 0.15) is 44.1 Å². The van der Waals surface area contributed by atoms with Crippen LogP contribution in [0.4, 0.5) is 0 Å². The molecule has 2 aromatic heterocycles. The Bertz CT molecular complexity index is 506. The highest BCUT2D eigenvalue weighted by Crippen LogP contribution is 2.28. The van der Waals surface area contributed by atoms with E-state index in [1.54, 1.807) is 11.3 Å². The van der Waals surface area contributed by atoms with E-state index >= 15 is 0 Å². The van der Waals surface area contributed by atoms with Crippen molar-refractivity contribution in [1.82, 2.24) is 14.9 Å². The summed E-state index contributed by atoms with van der Waals surface area (Å²) in [4.78, 5) is 4.56. The average Bonchev–Trinajstić information content (AvgIpc) is 3.01. The van der Waals surface area contributed by atoms with Gasteiger partial charge in [0.05, 0.1) is 9.83 Å². The number of rotatable bonds is 7. The Hall–Kier alpha value is -0.650. The molecule has 0 saturated carbocycles. The Morgan fingerprint density at radius 3 is 2.89 bits per heavy atom. The van der Waals surface area contributed by atoms with E-state index in [4.69, 9.17) is 0 Å². The van der Waals surface area contributed by atoms with Crippen LogP contribution >= 0.6 is 27.3 Å². The van der Waals surface area contributed by atoms with E-state index in [1.807, 2.05) is 6.20 Å². The first-order valence-electron chi connectivity index (χ1n) is 6.74. The number of nitrogens with one attached hydrogen (secondary N) is 1. The van der Waals surface area contributed by atoms with Gasteiger partial charge in [-0.05, 0) is 52.3 Å². The van der Waals surface area contributed by atoms with Gasteiger partial charge >= 0.3 is 0 Å². The summed E-state index contributed by atoms with van der Waals surface area (Å²) in [6.07, 6.45) is 6.21.